The molecule has 2 atom stereocenters. The molecule has 0 radical (unpaired) electrons. The van der Waals surface area contributed by atoms with Crippen LogP contribution in [0.25, 0.3) is 0 Å². The molecule has 5 heteroatoms. The summed E-state index contributed by atoms with van der Waals surface area (Å²) in [5.74, 6) is -0.675. The molecule has 22 heavy (non-hydrogen) atoms. The molecule has 1 heterocycles. The van der Waals surface area contributed by atoms with Crippen molar-refractivity contribution < 1.29 is 19.7 Å². The zero-order chi connectivity index (χ0) is 15.7. The Labute approximate surface area is 132 Å². The van der Waals surface area contributed by atoms with Gasteiger partial charge in [-0.05, 0) is 36.8 Å². The lowest BCUT2D eigenvalue weighted by Crippen LogP contribution is -2.18. The van der Waals surface area contributed by atoms with Crippen molar-refractivity contribution >= 4 is 17.7 Å². The summed E-state index contributed by atoms with van der Waals surface area (Å²) in [5.41, 5.74) is 1.44. The summed E-state index contributed by atoms with van der Waals surface area (Å²) in [6, 6.07) is 12.0. The van der Waals surface area contributed by atoms with Crippen LogP contribution in [0.15, 0.2) is 47.4 Å². The number of phenols is 2. The predicted molar refractivity (Wildman–Crippen MR) is 84.2 cm³/mol. The largest absolute Gasteiger partial charge is 0.508 e. The molecule has 1 aliphatic rings. The van der Waals surface area contributed by atoms with Crippen LogP contribution in [-0.2, 0) is 9.53 Å². The van der Waals surface area contributed by atoms with Gasteiger partial charge in [0, 0.05) is 10.5 Å². The Kier molecular flexibility index (Phi) is 3.98. The number of esters is 1. The van der Waals surface area contributed by atoms with E-state index in [-0.39, 0.29) is 22.7 Å². The lowest BCUT2D eigenvalue weighted by molar-refractivity contribution is -0.145. The SMILES string of the molecule is CCOC(=O)C1c2ccccc2SC1c1cc(O)ccc1O. The van der Waals surface area contributed by atoms with E-state index >= 15 is 0 Å². The van der Waals surface area contributed by atoms with Crippen LogP contribution in [0.5, 0.6) is 11.5 Å². The van der Waals surface area contributed by atoms with Gasteiger partial charge in [0.25, 0.3) is 0 Å². The summed E-state index contributed by atoms with van der Waals surface area (Å²) in [5, 5.41) is 19.5. The highest BCUT2D eigenvalue weighted by molar-refractivity contribution is 8.00. The van der Waals surface area contributed by atoms with Gasteiger partial charge in [0.2, 0.25) is 0 Å². The van der Waals surface area contributed by atoms with Crippen LogP contribution in [-0.4, -0.2) is 22.8 Å². The van der Waals surface area contributed by atoms with E-state index in [0.29, 0.717) is 12.2 Å². The van der Waals surface area contributed by atoms with E-state index in [9.17, 15) is 15.0 Å². The molecule has 0 bridgehead atoms. The molecule has 0 saturated carbocycles. The minimum atomic E-state index is -0.492. The van der Waals surface area contributed by atoms with Gasteiger partial charge in [-0.2, -0.15) is 0 Å². The van der Waals surface area contributed by atoms with Gasteiger partial charge in [-0.3, -0.25) is 4.79 Å². The average Bonchev–Trinajstić information content (AvgIpc) is 2.89. The molecule has 1 aliphatic heterocycles. The van der Waals surface area contributed by atoms with Crippen molar-refractivity contribution in [1.29, 1.82) is 0 Å². The van der Waals surface area contributed by atoms with Crippen molar-refractivity contribution in [1.82, 2.24) is 0 Å². The first-order chi connectivity index (χ1) is 10.6. The normalized spacial score (nSPS) is 19.7. The molecule has 114 valence electrons. The van der Waals surface area contributed by atoms with E-state index in [1.165, 1.54) is 30.0 Å². The highest BCUT2D eigenvalue weighted by Gasteiger charge is 2.41. The predicted octanol–water partition coefficient (Wildman–Crippen LogP) is 3.59. The third-order valence-corrected chi connectivity index (χ3v) is 5.07. The first-order valence-corrected chi connectivity index (χ1v) is 7.94. The number of fused-ring (bicyclic) bond motifs is 1. The Morgan fingerprint density at radius 1 is 1.18 bits per heavy atom. The molecular formula is C17H16O4S. The molecule has 0 aromatic heterocycles. The monoisotopic (exact) mass is 316 g/mol. The topological polar surface area (TPSA) is 66.8 Å². The molecule has 0 saturated heterocycles. The molecule has 0 aliphatic carbocycles. The number of phenolic OH excluding ortho intramolecular Hbond substituents is 2. The third kappa shape index (κ3) is 2.52. The van der Waals surface area contributed by atoms with Crippen LogP contribution in [0.3, 0.4) is 0 Å². The summed E-state index contributed by atoms with van der Waals surface area (Å²) in [6.45, 7) is 2.08. The summed E-state index contributed by atoms with van der Waals surface area (Å²) < 4.78 is 5.21. The van der Waals surface area contributed by atoms with E-state index in [0.717, 1.165) is 10.5 Å². The van der Waals surface area contributed by atoms with Crippen LogP contribution >= 0.6 is 11.8 Å². The van der Waals surface area contributed by atoms with Crippen molar-refractivity contribution in [2.75, 3.05) is 6.61 Å². The zero-order valence-electron chi connectivity index (χ0n) is 12.0. The second-order valence-corrected chi connectivity index (χ2v) is 6.23. The highest BCUT2D eigenvalue weighted by atomic mass is 32.2. The van der Waals surface area contributed by atoms with Crippen molar-refractivity contribution in [2.45, 2.75) is 23.0 Å². The molecule has 3 rings (SSSR count). The fourth-order valence-corrected chi connectivity index (χ4v) is 4.18. The van der Waals surface area contributed by atoms with E-state index in [4.69, 9.17) is 4.74 Å². The Balaban J connectivity index is 2.07. The number of thioether (sulfide) groups is 1. The van der Waals surface area contributed by atoms with Crippen molar-refractivity contribution in [2.24, 2.45) is 0 Å². The maximum Gasteiger partial charge on any atom is 0.314 e. The second kappa shape index (κ2) is 5.93. The van der Waals surface area contributed by atoms with E-state index in [1.807, 2.05) is 24.3 Å². The number of aromatic hydroxyl groups is 2. The molecule has 2 unspecified atom stereocenters. The van der Waals surface area contributed by atoms with Crippen LogP contribution in [0, 0.1) is 0 Å². The lowest BCUT2D eigenvalue weighted by atomic mass is 9.91. The highest BCUT2D eigenvalue weighted by Crippen LogP contribution is 2.56. The van der Waals surface area contributed by atoms with Gasteiger partial charge in [0.05, 0.1) is 17.8 Å². The Bertz CT molecular complexity index is 714. The van der Waals surface area contributed by atoms with Gasteiger partial charge in [-0.25, -0.2) is 0 Å². The number of rotatable bonds is 3. The number of carbonyl (C=O) groups is 1. The third-order valence-electron chi connectivity index (χ3n) is 3.67. The quantitative estimate of drug-likeness (QED) is 0.669. The first-order valence-electron chi connectivity index (χ1n) is 7.06. The summed E-state index contributed by atoms with van der Waals surface area (Å²) in [6.07, 6.45) is 0. The molecule has 0 fully saturated rings. The standard InChI is InChI=1S/C17H16O4S/c1-2-21-17(20)15-11-5-3-4-6-14(11)22-16(15)12-9-10(18)7-8-13(12)19/h3-9,15-16,18-19H,2H2,1H3. The summed E-state index contributed by atoms with van der Waals surface area (Å²) in [7, 11) is 0. The van der Waals surface area contributed by atoms with Crippen molar-refractivity contribution in [3.8, 4) is 11.5 Å². The second-order valence-electron chi connectivity index (χ2n) is 5.05. The van der Waals surface area contributed by atoms with Crippen LogP contribution < -0.4 is 0 Å². The van der Waals surface area contributed by atoms with E-state index in [1.54, 1.807) is 6.92 Å². The minimum Gasteiger partial charge on any atom is -0.508 e. The minimum absolute atomic E-state index is 0.0620. The molecule has 0 amide bonds. The molecule has 0 spiro atoms. The molecule has 2 aromatic rings. The lowest BCUT2D eigenvalue weighted by Gasteiger charge is -2.19. The molecule has 4 nitrogen and oxygen atoms in total. The van der Waals surface area contributed by atoms with Crippen LogP contribution in [0.1, 0.15) is 29.2 Å². The number of ether oxygens (including phenoxy) is 1. The van der Waals surface area contributed by atoms with Gasteiger partial charge in [0.15, 0.2) is 0 Å². The first kappa shape index (κ1) is 14.8. The van der Waals surface area contributed by atoms with Gasteiger partial charge in [-0.1, -0.05) is 18.2 Å². The Morgan fingerprint density at radius 2 is 1.95 bits per heavy atom. The molecule has 2 N–H and O–H groups in total. The van der Waals surface area contributed by atoms with Gasteiger partial charge < -0.3 is 14.9 Å². The van der Waals surface area contributed by atoms with Crippen molar-refractivity contribution in [3.63, 3.8) is 0 Å². The van der Waals surface area contributed by atoms with Crippen LogP contribution in [0.4, 0.5) is 0 Å². The average molecular weight is 316 g/mol. The number of hydrogen-bond donors (Lipinski definition) is 2. The molecule has 2 aromatic carbocycles. The van der Waals surface area contributed by atoms with Crippen LogP contribution in [0.2, 0.25) is 0 Å². The Hall–Kier alpha value is -2.14. The fraction of sp³-hybridized carbons (Fsp3) is 0.235. The zero-order valence-corrected chi connectivity index (χ0v) is 12.8. The maximum atomic E-state index is 12.4. The summed E-state index contributed by atoms with van der Waals surface area (Å²) in [4.78, 5) is 13.4. The molecular weight excluding hydrogens is 300 g/mol. The smallest absolute Gasteiger partial charge is 0.314 e. The summed E-state index contributed by atoms with van der Waals surface area (Å²) >= 11 is 1.50. The van der Waals surface area contributed by atoms with Gasteiger partial charge in [-0.15, -0.1) is 11.8 Å². The van der Waals surface area contributed by atoms with Gasteiger partial charge in [0.1, 0.15) is 11.5 Å². The number of hydrogen-bond acceptors (Lipinski definition) is 5. The van der Waals surface area contributed by atoms with Crippen molar-refractivity contribution in [3.05, 3.63) is 53.6 Å². The Morgan fingerprint density at radius 3 is 2.73 bits per heavy atom. The van der Waals surface area contributed by atoms with E-state index in [2.05, 4.69) is 0 Å². The van der Waals surface area contributed by atoms with Gasteiger partial charge >= 0.3 is 5.97 Å². The van der Waals surface area contributed by atoms with E-state index < -0.39 is 5.92 Å². The number of carbonyl (C=O) groups excluding carboxylic acids is 1. The fourth-order valence-electron chi connectivity index (χ4n) is 2.71. The number of benzene rings is 2. The maximum absolute atomic E-state index is 12.4.